The number of β-amino-alcohol motifs (C(OH)–C–C–N with tert-alkyl or cyclic N) is 1. The smallest absolute Gasteiger partial charge is 0.246 e. The Morgan fingerprint density at radius 2 is 2.00 bits per heavy atom. The van der Waals surface area contributed by atoms with Crippen molar-refractivity contribution in [3.05, 3.63) is 24.3 Å². The average Bonchev–Trinajstić information content (AvgIpc) is 2.33. The third-order valence-corrected chi connectivity index (χ3v) is 5.28. The molecule has 5 nitrogen and oxygen atoms in total. The number of sulfonamides is 1. The van der Waals surface area contributed by atoms with Crippen LogP contribution in [0, 0.1) is 5.92 Å². The molecule has 1 aliphatic heterocycles. The number of aliphatic hydroxyl groups excluding tert-OH is 1. The third-order valence-electron chi connectivity index (χ3n) is 3.36. The van der Waals surface area contributed by atoms with Crippen molar-refractivity contribution in [2.75, 3.05) is 13.1 Å². The lowest BCUT2D eigenvalue weighted by atomic mass is 9.98. The van der Waals surface area contributed by atoms with Crippen LogP contribution < -0.4 is 0 Å². The number of aliphatic hydroxyl groups is 1. The van der Waals surface area contributed by atoms with Gasteiger partial charge in [-0.05, 0) is 24.5 Å². The van der Waals surface area contributed by atoms with Crippen molar-refractivity contribution in [3.8, 4) is 5.75 Å². The summed E-state index contributed by atoms with van der Waals surface area (Å²) in [4.78, 5) is -0.105. The largest absolute Gasteiger partial charge is 0.507 e. The van der Waals surface area contributed by atoms with Crippen molar-refractivity contribution in [1.29, 1.82) is 0 Å². The second kappa shape index (κ2) is 4.87. The molecule has 1 fully saturated rings. The van der Waals surface area contributed by atoms with Gasteiger partial charge >= 0.3 is 0 Å². The Bertz CT molecular complexity index is 529. The molecule has 6 heteroatoms. The first-order valence-corrected chi connectivity index (χ1v) is 7.33. The molecule has 0 bridgehead atoms. The van der Waals surface area contributed by atoms with E-state index in [9.17, 15) is 18.6 Å². The first kappa shape index (κ1) is 13.3. The number of hydrogen-bond donors (Lipinski definition) is 2. The minimum Gasteiger partial charge on any atom is -0.507 e. The van der Waals surface area contributed by atoms with Gasteiger partial charge < -0.3 is 10.2 Å². The summed E-state index contributed by atoms with van der Waals surface area (Å²) in [5, 5.41) is 19.4. The second-order valence-electron chi connectivity index (χ2n) is 4.66. The van der Waals surface area contributed by atoms with Crippen LogP contribution in [-0.2, 0) is 10.0 Å². The number of para-hydroxylation sites is 1. The lowest BCUT2D eigenvalue weighted by molar-refractivity contribution is 0.0604. The second-order valence-corrected chi connectivity index (χ2v) is 6.57. The van der Waals surface area contributed by atoms with Gasteiger partial charge in [-0.15, -0.1) is 0 Å². The molecule has 18 heavy (non-hydrogen) atoms. The van der Waals surface area contributed by atoms with Gasteiger partial charge in [0, 0.05) is 13.1 Å². The van der Waals surface area contributed by atoms with Crippen LogP contribution in [0.1, 0.15) is 13.3 Å². The van der Waals surface area contributed by atoms with E-state index in [2.05, 4.69) is 0 Å². The fourth-order valence-electron chi connectivity index (χ4n) is 2.05. The SMILES string of the molecule is CC1CCN(S(=O)(=O)c2ccccc2O)CC1O. The fraction of sp³-hybridized carbons (Fsp3) is 0.500. The molecule has 0 radical (unpaired) electrons. The lowest BCUT2D eigenvalue weighted by Crippen LogP contribution is -2.45. The molecule has 0 spiro atoms. The van der Waals surface area contributed by atoms with Gasteiger partial charge in [0.15, 0.2) is 0 Å². The van der Waals surface area contributed by atoms with Gasteiger partial charge in [0.05, 0.1) is 6.10 Å². The van der Waals surface area contributed by atoms with Gasteiger partial charge in [-0.2, -0.15) is 4.31 Å². The zero-order chi connectivity index (χ0) is 13.3. The predicted molar refractivity (Wildman–Crippen MR) is 66.7 cm³/mol. The molecule has 1 heterocycles. The molecule has 0 amide bonds. The highest BCUT2D eigenvalue weighted by atomic mass is 32.2. The molecular weight excluding hydrogens is 254 g/mol. The summed E-state index contributed by atoms with van der Waals surface area (Å²) in [7, 11) is -3.73. The van der Waals surface area contributed by atoms with E-state index in [-0.39, 0.29) is 23.1 Å². The quantitative estimate of drug-likeness (QED) is 0.833. The molecule has 2 N–H and O–H groups in total. The van der Waals surface area contributed by atoms with Gasteiger partial charge in [-0.3, -0.25) is 0 Å². The van der Waals surface area contributed by atoms with Gasteiger partial charge in [-0.25, -0.2) is 8.42 Å². The van der Waals surface area contributed by atoms with Crippen LogP contribution in [0.3, 0.4) is 0 Å². The number of hydrogen-bond acceptors (Lipinski definition) is 4. The highest BCUT2D eigenvalue weighted by Crippen LogP contribution is 2.28. The van der Waals surface area contributed by atoms with E-state index in [0.717, 1.165) is 0 Å². The average molecular weight is 271 g/mol. The summed E-state index contributed by atoms with van der Waals surface area (Å²) in [6, 6.07) is 5.85. The molecule has 0 saturated carbocycles. The molecule has 2 atom stereocenters. The number of piperidine rings is 1. The van der Waals surface area contributed by atoms with E-state index in [0.29, 0.717) is 13.0 Å². The molecular formula is C12H17NO4S. The number of nitrogens with zero attached hydrogens (tertiary/aromatic N) is 1. The maximum Gasteiger partial charge on any atom is 0.246 e. The maximum atomic E-state index is 12.3. The number of phenolic OH excluding ortho intramolecular Hbond substituents is 1. The Balaban J connectivity index is 2.30. The van der Waals surface area contributed by atoms with Crippen molar-refractivity contribution in [2.24, 2.45) is 5.92 Å². The Morgan fingerprint density at radius 1 is 1.33 bits per heavy atom. The number of rotatable bonds is 2. The molecule has 1 aliphatic rings. The van der Waals surface area contributed by atoms with Crippen molar-refractivity contribution >= 4 is 10.0 Å². The van der Waals surface area contributed by atoms with Crippen molar-refractivity contribution in [3.63, 3.8) is 0 Å². The summed E-state index contributed by atoms with van der Waals surface area (Å²) >= 11 is 0. The van der Waals surface area contributed by atoms with Crippen LogP contribution in [0.4, 0.5) is 0 Å². The third kappa shape index (κ3) is 2.36. The Hall–Kier alpha value is -1.11. The number of benzene rings is 1. The zero-order valence-corrected chi connectivity index (χ0v) is 11.0. The van der Waals surface area contributed by atoms with Crippen LogP contribution in [0.15, 0.2) is 29.2 Å². The fourth-order valence-corrected chi connectivity index (χ4v) is 3.61. The van der Waals surface area contributed by atoms with Crippen LogP contribution in [0.2, 0.25) is 0 Å². The zero-order valence-electron chi connectivity index (χ0n) is 10.2. The highest BCUT2D eigenvalue weighted by Gasteiger charge is 2.33. The summed E-state index contributed by atoms with van der Waals surface area (Å²) in [6.07, 6.45) is -0.0343. The monoisotopic (exact) mass is 271 g/mol. The summed E-state index contributed by atoms with van der Waals surface area (Å²) < 4.78 is 25.9. The minimum absolute atomic E-state index is 0.0812. The number of aromatic hydroxyl groups is 1. The molecule has 1 saturated heterocycles. The number of phenols is 1. The predicted octanol–water partition coefficient (Wildman–Crippen LogP) is 0.784. The normalized spacial score (nSPS) is 26.1. The Morgan fingerprint density at radius 3 is 2.61 bits per heavy atom. The Kier molecular flexibility index (Phi) is 3.61. The molecule has 0 aliphatic carbocycles. The molecule has 100 valence electrons. The Labute approximate surface area is 107 Å². The first-order valence-electron chi connectivity index (χ1n) is 5.89. The van der Waals surface area contributed by atoms with E-state index in [4.69, 9.17) is 0 Å². The van der Waals surface area contributed by atoms with Gasteiger partial charge in [0.2, 0.25) is 10.0 Å². The van der Waals surface area contributed by atoms with Crippen LogP contribution in [0.5, 0.6) is 5.75 Å². The maximum absolute atomic E-state index is 12.3. The summed E-state index contributed by atoms with van der Waals surface area (Å²) in [6.45, 7) is 2.35. The molecule has 1 aromatic carbocycles. The van der Waals surface area contributed by atoms with E-state index in [1.807, 2.05) is 6.92 Å². The summed E-state index contributed by atoms with van der Waals surface area (Å²) in [5.74, 6) is -0.161. The highest BCUT2D eigenvalue weighted by molar-refractivity contribution is 7.89. The van der Waals surface area contributed by atoms with E-state index < -0.39 is 16.1 Å². The molecule has 0 aromatic heterocycles. The van der Waals surface area contributed by atoms with Crippen LogP contribution in [0.25, 0.3) is 0 Å². The first-order chi connectivity index (χ1) is 8.43. The van der Waals surface area contributed by atoms with Gasteiger partial charge in [0.25, 0.3) is 0 Å². The van der Waals surface area contributed by atoms with Crippen molar-refractivity contribution < 1.29 is 18.6 Å². The van der Waals surface area contributed by atoms with E-state index in [1.165, 1.54) is 16.4 Å². The lowest BCUT2D eigenvalue weighted by Gasteiger charge is -2.33. The van der Waals surface area contributed by atoms with Crippen LogP contribution >= 0.6 is 0 Å². The minimum atomic E-state index is -3.73. The van der Waals surface area contributed by atoms with Crippen molar-refractivity contribution in [1.82, 2.24) is 4.31 Å². The summed E-state index contributed by atoms with van der Waals surface area (Å²) in [5.41, 5.74) is 0. The standard InChI is InChI=1S/C12H17NO4S/c1-9-6-7-13(8-11(9)15)18(16,17)12-5-3-2-4-10(12)14/h2-5,9,11,14-15H,6-8H2,1H3. The van der Waals surface area contributed by atoms with Crippen molar-refractivity contribution in [2.45, 2.75) is 24.3 Å². The molecule has 1 aromatic rings. The van der Waals surface area contributed by atoms with Crippen LogP contribution in [-0.4, -0.2) is 42.1 Å². The molecule has 2 unspecified atom stereocenters. The molecule has 2 rings (SSSR count). The van der Waals surface area contributed by atoms with E-state index in [1.54, 1.807) is 12.1 Å². The van der Waals surface area contributed by atoms with Gasteiger partial charge in [0.1, 0.15) is 10.6 Å². The topological polar surface area (TPSA) is 77.8 Å². The van der Waals surface area contributed by atoms with Gasteiger partial charge in [-0.1, -0.05) is 19.1 Å². The van der Waals surface area contributed by atoms with E-state index >= 15 is 0 Å².